The number of carbonyl (C=O) groups is 1. The number of ether oxygens (including phenoxy) is 1. The van der Waals surface area contributed by atoms with E-state index in [9.17, 15) is 4.79 Å². The third-order valence-corrected chi connectivity index (χ3v) is 4.47. The molecular weight excluding hydrogens is 264 g/mol. The number of benzene rings is 1. The fourth-order valence-corrected chi connectivity index (χ4v) is 3.10. The van der Waals surface area contributed by atoms with Gasteiger partial charge in [-0.2, -0.15) is 0 Å². The third kappa shape index (κ3) is 3.44. The van der Waals surface area contributed by atoms with Gasteiger partial charge in [0, 0.05) is 19.6 Å². The van der Waals surface area contributed by atoms with E-state index in [1.54, 1.807) is 0 Å². The molecule has 1 N–H and O–H groups in total. The number of hydrogen-bond donors (Lipinski definition) is 1. The van der Waals surface area contributed by atoms with Crippen LogP contribution in [0.3, 0.4) is 0 Å². The van der Waals surface area contributed by atoms with Gasteiger partial charge >= 0.3 is 5.97 Å². The first-order chi connectivity index (χ1) is 10.3. The van der Waals surface area contributed by atoms with Crippen LogP contribution in [-0.4, -0.2) is 44.2 Å². The van der Waals surface area contributed by atoms with Crippen molar-refractivity contribution in [3.8, 4) is 0 Å². The van der Waals surface area contributed by atoms with Crippen LogP contribution in [0.2, 0.25) is 0 Å². The maximum atomic E-state index is 12.3. The highest BCUT2D eigenvalue weighted by Crippen LogP contribution is 2.40. The smallest absolute Gasteiger partial charge is 0.327 e. The van der Waals surface area contributed by atoms with E-state index in [2.05, 4.69) is 34.5 Å². The third-order valence-electron chi connectivity index (χ3n) is 4.47. The lowest BCUT2D eigenvalue weighted by molar-refractivity contribution is -0.147. The molecule has 0 bridgehead atoms. The van der Waals surface area contributed by atoms with Crippen LogP contribution in [0.25, 0.3) is 0 Å². The predicted octanol–water partition coefficient (Wildman–Crippen LogP) is 2.07. The van der Waals surface area contributed by atoms with Crippen LogP contribution in [0.1, 0.15) is 42.3 Å². The summed E-state index contributed by atoms with van der Waals surface area (Å²) in [6.45, 7) is 3.75. The predicted molar refractivity (Wildman–Crippen MR) is 82.2 cm³/mol. The van der Waals surface area contributed by atoms with E-state index in [4.69, 9.17) is 4.74 Å². The van der Waals surface area contributed by atoms with Gasteiger partial charge in [0.25, 0.3) is 0 Å². The van der Waals surface area contributed by atoms with E-state index in [0.29, 0.717) is 0 Å². The molecule has 0 spiro atoms. The minimum atomic E-state index is -0.275. The average molecular weight is 288 g/mol. The topological polar surface area (TPSA) is 41.6 Å². The fourth-order valence-electron chi connectivity index (χ4n) is 3.10. The van der Waals surface area contributed by atoms with Crippen molar-refractivity contribution in [1.82, 2.24) is 10.2 Å². The number of esters is 1. The molecule has 1 atom stereocenters. The molecule has 3 rings (SSSR count). The second-order valence-corrected chi connectivity index (χ2v) is 6.01. The monoisotopic (exact) mass is 288 g/mol. The van der Waals surface area contributed by atoms with E-state index >= 15 is 0 Å². The largest absolute Gasteiger partial charge is 0.468 e. The van der Waals surface area contributed by atoms with Crippen molar-refractivity contribution < 1.29 is 9.53 Å². The molecule has 2 fully saturated rings. The molecular formula is C17H24N2O2. The van der Waals surface area contributed by atoms with E-state index < -0.39 is 0 Å². The van der Waals surface area contributed by atoms with E-state index in [-0.39, 0.29) is 12.0 Å². The van der Waals surface area contributed by atoms with Crippen LogP contribution < -0.4 is 5.32 Å². The maximum absolute atomic E-state index is 12.3. The Hall–Kier alpha value is -1.39. The lowest BCUT2D eigenvalue weighted by Gasteiger charge is -2.28. The second-order valence-electron chi connectivity index (χ2n) is 6.01. The molecule has 1 saturated heterocycles. The Bertz CT molecular complexity index is 474. The van der Waals surface area contributed by atoms with Crippen LogP contribution in [0, 0.1) is 0 Å². The summed E-state index contributed by atoms with van der Waals surface area (Å²) >= 11 is 0. The van der Waals surface area contributed by atoms with Gasteiger partial charge in [0.2, 0.25) is 0 Å². The quantitative estimate of drug-likeness (QED) is 0.861. The number of nitrogens with one attached hydrogen (secondary N) is 1. The molecule has 2 aliphatic rings. The van der Waals surface area contributed by atoms with Gasteiger partial charge in [-0.25, -0.2) is 4.79 Å². The summed E-state index contributed by atoms with van der Waals surface area (Å²) in [5.74, 6) is 0.592. The highest BCUT2D eigenvalue weighted by Gasteiger charge is 2.30. The molecule has 1 aliphatic carbocycles. The van der Waals surface area contributed by atoms with Gasteiger partial charge in [-0.15, -0.1) is 0 Å². The minimum absolute atomic E-state index is 0.156. The van der Waals surface area contributed by atoms with Gasteiger partial charge in [0.15, 0.2) is 0 Å². The summed E-state index contributed by atoms with van der Waals surface area (Å²) in [7, 11) is 1.48. The second kappa shape index (κ2) is 6.58. The van der Waals surface area contributed by atoms with Gasteiger partial charge in [0.1, 0.15) is 6.04 Å². The average Bonchev–Trinajstić information content (AvgIpc) is 3.35. The molecule has 114 valence electrons. The number of methoxy groups -OCH3 is 1. The Morgan fingerprint density at radius 2 is 2.00 bits per heavy atom. The zero-order valence-corrected chi connectivity index (χ0v) is 12.7. The van der Waals surface area contributed by atoms with Crippen LogP contribution >= 0.6 is 0 Å². The van der Waals surface area contributed by atoms with Crippen molar-refractivity contribution in [3.05, 3.63) is 35.4 Å². The summed E-state index contributed by atoms with van der Waals surface area (Å²) in [6, 6.07) is 8.29. The summed E-state index contributed by atoms with van der Waals surface area (Å²) in [6.07, 6.45) is 3.67. The number of rotatable bonds is 4. The Morgan fingerprint density at radius 3 is 2.67 bits per heavy atom. The molecule has 1 heterocycles. The summed E-state index contributed by atoms with van der Waals surface area (Å²) in [5.41, 5.74) is 2.45. The standard InChI is InChI=1S/C17H24N2O2/c1-21-17(20)16(19-11-2-9-18-10-12-19)15-7-5-14(6-8-15)13-3-4-13/h5-8,13,16,18H,2-4,9-12H2,1H3. The van der Waals surface area contributed by atoms with Gasteiger partial charge in [-0.05, 0) is 42.9 Å². The molecule has 21 heavy (non-hydrogen) atoms. The van der Waals surface area contributed by atoms with Crippen molar-refractivity contribution in [2.75, 3.05) is 33.3 Å². The molecule has 0 amide bonds. The summed E-state index contributed by atoms with van der Waals surface area (Å²) in [4.78, 5) is 14.5. The highest BCUT2D eigenvalue weighted by atomic mass is 16.5. The normalized spacial score (nSPS) is 21.6. The zero-order valence-electron chi connectivity index (χ0n) is 12.7. The van der Waals surface area contributed by atoms with Gasteiger partial charge in [0.05, 0.1) is 7.11 Å². The Balaban J connectivity index is 1.81. The highest BCUT2D eigenvalue weighted by molar-refractivity contribution is 5.77. The number of carbonyl (C=O) groups excluding carboxylic acids is 1. The molecule has 4 nitrogen and oxygen atoms in total. The maximum Gasteiger partial charge on any atom is 0.327 e. The van der Waals surface area contributed by atoms with Crippen molar-refractivity contribution in [1.29, 1.82) is 0 Å². The van der Waals surface area contributed by atoms with Crippen LogP contribution in [0.5, 0.6) is 0 Å². The number of hydrogen-bond acceptors (Lipinski definition) is 4. The minimum Gasteiger partial charge on any atom is -0.468 e. The van der Waals surface area contributed by atoms with Gasteiger partial charge in [-0.1, -0.05) is 24.3 Å². The fraction of sp³-hybridized carbons (Fsp3) is 0.588. The first-order valence-corrected chi connectivity index (χ1v) is 7.92. The first-order valence-electron chi connectivity index (χ1n) is 7.92. The van der Waals surface area contributed by atoms with E-state index in [1.807, 2.05) is 0 Å². The number of nitrogens with zero attached hydrogens (tertiary/aromatic N) is 1. The van der Waals surface area contributed by atoms with Crippen molar-refractivity contribution in [2.45, 2.75) is 31.2 Å². The lowest BCUT2D eigenvalue weighted by atomic mass is 10.0. The molecule has 1 saturated carbocycles. The Labute approximate surface area is 126 Å². The van der Waals surface area contributed by atoms with Crippen molar-refractivity contribution in [2.24, 2.45) is 0 Å². The molecule has 1 aromatic carbocycles. The van der Waals surface area contributed by atoms with Crippen LogP contribution in [-0.2, 0) is 9.53 Å². The summed E-state index contributed by atoms with van der Waals surface area (Å²) in [5, 5.41) is 3.38. The van der Waals surface area contributed by atoms with Crippen LogP contribution in [0.15, 0.2) is 24.3 Å². The van der Waals surface area contributed by atoms with Crippen LogP contribution in [0.4, 0.5) is 0 Å². The Kier molecular flexibility index (Phi) is 4.56. The van der Waals surface area contributed by atoms with E-state index in [0.717, 1.165) is 44.1 Å². The molecule has 0 radical (unpaired) electrons. The summed E-state index contributed by atoms with van der Waals surface area (Å²) < 4.78 is 5.05. The van der Waals surface area contributed by atoms with Gasteiger partial charge in [-0.3, -0.25) is 4.90 Å². The Morgan fingerprint density at radius 1 is 1.24 bits per heavy atom. The molecule has 1 aromatic rings. The lowest BCUT2D eigenvalue weighted by Crippen LogP contribution is -2.37. The zero-order chi connectivity index (χ0) is 14.7. The molecule has 0 aromatic heterocycles. The van der Waals surface area contributed by atoms with E-state index in [1.165, 1.54) is 25.5 Å². The van der Waals surface area contributed by atoms with Crippen molar-refractivity contribution in [3.63, 3.8) is 0 Å². The van der Waals surface area contributed by atoms with Gasteiger partial charge < -0.3 is 10.1 Å². The SMILES string of the molecule is COC(=O)C(c1ccc(C2CC2)cc1)N1CCCNCC1. The molecule has 4 heteroatoms. The van der Waals surface area contributed by atoms with Crippen molar-refractivity contribution >= 4 is 5.97 Å². The molecule has 1 aliphatic heterocycles. The molecule has 1 unspecified atom stereocenters. The first kappa shape index (κ1) is 14.5.